The number of carboxylic acids is 2. The van der Waals surface area contributed by atoms with Gasteiger partial charge in [0.25, 0.3) is 0 Å². The molecule has 6 rings (SSSR count). The van der Waals surface area contributed by atoms with Crippen molar-refractivity contribution >= 4 is 49.3 Å². The van der Waals surface area contributed by atoms with Crippen LogP contribution in [0.25, 0.3) is 0 Å². The lowest BCUT2D eigenvalue weighted by atomic mass is 9.80. The number of hydrogen-bond donors (Lipinski definition) is 2. The van der Waals surface area contributed by atoms with E-state index in [0.717, 1.165) is 63.2 Å². The summed E-state index contributed by atoms with van der Waals surface area (Å²) in [7, 11) is 3.11. The molecule has 0 radical (unpaired) electrons. The summed E-state index contributed by atoms with van der Waals surface area (Å²) < 4.78 is 83.9. The summed E-state index contributed by atoms with van der Waals surface area (Å²) in [5.74, 6) is -1.91. The Balaban J connectivity index is 1.54. The Hall–Kier alpha value is -5.43. The maximum atomic E-state index is 13.1. The Morgan fingerprint density at radius 3 is 1.96 bits per heavy atom. The highest BCUT2D eigenvalue weighted by Gasteiger charge is 2.45. The van der Waals surface area contributed by atoms with E-state index >= 15 is 0 Å². The molecule has 372 valence electrons. The van der Waals surface area contributed by atoms with Crippen LogP contribution in [0.15, 0.2) is 117 Å². The van der Waals surface area contributed by atoms with Crippen molar-refractivity contribution in [2.24, 2.45) is 5.92 Å². The smallest absolute Gasteiger partial charge is 0.307 e. The molecule has 0 fully saturated rings. The molecule has 69 heavy (non-hydrogen) atoms. The highest BCUT2D eigenvalue weighted by Crippen LogP contribution is 2.49. The van der Waals surface area contributed by atoms with Gasteiger partial charge in [0.1, 0.15) is 31.7 Å². The molecule has 2 heterocycles. The first-order valence-corrected chi connectivity index (χ1v) is 26.0. The molecule has 0 amide bonds. The number of benzene rings is 3. The van der Waals surface area contributed by atoms with Gasteiger partial charge in [0, 0.05) is 53.9 Å². The van der Waals surface area contributed by atoms with Crippen LogP contribution in [-0.2, 0) is 47.1 Å². The molecule has 15 nitrogen and oxygen atoms in total. The van der Waals surface area contributed by atoms with Crippen molar-refractivity contribution in [1.29, 1.82) is 0 Å². The third-order valence-corrected chi connectivity index (χ3v) is 14.9. The van der Waals surface area contributed by atoms with Crippen molar-refractivity contribution in [3.63, 3.8) is 0 Å². The fraction of sp³-hybridized carbons (Fsp3) is 0.442. The first-order chi connectivity index (χ1) is 31.9. The minimum absolute atomic E-state index is 0.0432. The van der Waals surface area contributed by atoms with Crippen molar-refractivity contribution in [2.45, 2.75) is 86.8 Å². The zero-order valence-electron chi connectivity index (χ0n) is 41.4. The minimum atomic E-state index is -4.75. The fourth-order valence-corrected chi connectivity index (χ4v) is 10.5. The normalized spacial score (nSPS) is 19.5. The Labute approximate surface area is 407 Å². The summed E-state index contributed by atoms with van der Waals surface area (Å²) >= 11 is 0. The van der Waals surface area contributed by atoms with E-state index in [0.29, 0.717) is 53.3 Å². The third-order valence-electron chi connectivity index (χ3n) is 13.2. The number of allylic oxidation sites excluding steroid dienone is 7. The molecule has 0 bridgehead atoms. The molecule has 0 saturated heterocycles. The van der Waals surface area contributed by atoms with Crippen LogP contribution < -0.4 is 9.64 Å². The zero-order valence-corrected chi connectivity index (χ0v) is 43.0. The average Bonchev–Trinajstić information content (AvgIpc) is 3.57. The summed E-state index contributed by atoms with van der Waals surface area (Å²) in [6.45, 7) is 10.7. The molecule has 1 aliphatic carbocycles. The third kappa shape index (κ3) is 12.5. The Morgan fingerprint density at radius 1 is 0.783 bits per heavy atom. The number of hydrogen-bond acceptors (Lipinski definition) is 10. The van der Waals surface area contributed by atoms with Gasteiger partial charge in [-0.05, 0) is 110 Å². The quantitative estimate of drug-likeness (QED) is 0.0703. The van der Waals surface area contributed by atoms with Crippen LogP contribution in [0, 0.1) is 5.92 Å². The highest BCUT2D eigenvalue weighted by atomic mass is 32.2. The van der Waals surface area contributed by atoms with Crippen LogP contribution >= 0.6 is 0 Å². The van der Waals surface area contributed by atoms with E-state index in [4.69, 9.17) is 4.74 Å². The van der Waals surface area contributed by atoms with E-state index in [1.165, 1.54) is 24.3 Å². The number of anilines is 1. The zero-order chi connectivity index (χ0) is 51.1. The number of aryl methyl sites for hydroxylation is 1. The van der Waals surface area contributed by atoms with E-state index in [1.54, 1.807) is 36.4 Å². The van der Waals surface area contributed by atoms with Crippen molar-refractivity contribution < 1.29 is 64.0 Å². The summed E-state index contributed by atoms with van der Waals surface area (Å²) in [6.07, 6.45) is 9.63. The number of rotatable bonds is 19. The van der Waals surface area contributed by atoms with Gasteiger partial charge in [-0.2, -0.15) is 4.58 Å². The summed E-state index contributed by atoms with van der Waals surface area (Å²) in [5, 5.41) is 20.0. The van der Waals surface area contributed by atoms with Crippen molar-refractivity contribution in [3.8, 4) is 5.75 Å². The van der Waals surface area contributed by atoms with Gasteiger partial charge in [-0.1, -0.05) is 32.1 Å². The number of aliphatic carboxylic acids is 2. The number of carbonyl (C=O) groups is 2. The predicted octanol–water partition coefficient (Wildman–Crippen LogP) is 7.07. The van der Waals surface area contributed by atoms with Crippen LogP contribution in [0.1, 0.15) is 76.5 Å². The van der Waals surface area contributed by atoms with E-state index in [-0.39, 0.29) is 29.1 Å². The predicted molar refractivity (Wildman–Crippen MR) is 263 cm³/mol. The number of fused-ring (bicyclic) bond motifs is 2. The number of carboxylic acid groups (broad SMARTS) is 2. The van der Waals surface area contributed by atoms with Gasteiger partial charge in [-0.25, -0.2) is 16.8 Å². The Morgan fingerprint density at radius 2 is 1.38 bits per heavy atom. The second kappa shape index (κ2) is 19.8. The molecule has 0 saturated carbocycles. The van der Waals surface area contributed by atoms with Gasteiger partial charge in [0.2, 0.25) is 5.69 Å². The first kappa shape index (κ1) is 52.9. The molecule has 17 heteroatoms. The van der Waals surface area contributed by atoms with Gasteiger partial charge >= 0.3 is 11.9 Å². The molecule has 2 aliphatic heterocycles. The first-order valence-electron chi connectivity index (χ1n) is 23.2. The van der Waals surface area contributed by atoms with Gasteiger partial charge in [0.05, 0.1) is 82.9 Å². The molecule has 0 aromatic heterocycles. The van der Waals surface area contributed by atoms with Gasteiger partial charge < -0.3 is 37.9 Å². The largest absolute Gasteiger partial charge is 0.744 e. The fourth-order valence-electron chi connectivity index (χ4n) is 9.55. The van der Waals surface area contributed by atoms with E-state index < -0.39 is 48.9 Å². The SMILES string of the molecule is CC1(C)C(/C=C/C2=C(Oc3ccc(CCC(=O)O)cc3)C(=C/C=C3/N(CCC[N+](C)(C)C)c4ccc(S(=O)(=O)[O-])cc4C3(C)C)/CC(C(=O)O)C2)=[N+](CCC[N+](C)(C)C)c2ccc(S(=O)(=O)[O-])cc21. The molecule has 3 aromatic carbocycles. The van der Waals surface area contributed by atoms with Crippen LogP contribution in [0.4, 0.5) is 11.4 Å². The molecular formula is C52H67N4O11S2+. The van der Waals surface area contributed by atoms with Crippen molar-refractivity contribution in [2.75, 3.05) is 73.4 Å². The van der Waals surface area contributed by atoms with Gasteiger partial charge in [0.15, 0.2) is 12.3 Å². The van der Waals surface area contributed by atoms with Crippen molar-refractivity contribution in [1.82, 2.24) is 0 Å². The van der Waals surface area contributed by atoms with Gasteiger partial charge in [-0.3, -0.25) is 9.59 Å². The Bertz CT molecular complexity index is 2900. The minimum Gasteiger partial charge on any atom is -0.744 e. The summed E-state index contributed by atoms with van der Waals surface area (Å²) in [5.41, 5.74) is 4.90. The molecule has 3 aromatic rings. The van der Waals surface area contributed by atoms with Gasteiger partial charge in [-0.15, -0.1) is 0 Å². The molecule has 2 N–H and O–H groups in total. The highest BCUT2D eigenvalue weighted by molar-refractivity contribution is 7.86. The average molecular weight is 988 g/mol. The monoisotopic (exact) mass is 987 g/mol. The van der Waals surface area contributed by atoms with Crippen molar-refractivity contribution in [3.05, 3.63) is 124 Å². The lowest BCUT2D eigenvalue weighted by Crippen LogP contribution is -2.37. The Kier molecular flexibility index (Phi) is 15.2. The summed E-state index contributed by atoms with van der Waals surface area (Å²) in [6, 6.07) is 16.0. The standard InChI is InChI=1S/C52H66N4O11S2/c1-51(2)42-33-40(68(61,62)63)20-22-44(42)53(27-11-29-55(5,6)7)46(51)24-16-36-31-38(50(59)60)32-37(49(36)67-39-18-13-35(14-19-39)15-26-48(57)58)17-25-47-52(3,4)43-34-41(69(64,65)66)21-23-45(43)54(47)28-12-30-56(8,9)10/h13-14,16-25,33-34,38H,11-12,15,26-32H2,1-10H3,(H-3,57,58,59,60,61,62,63,64,65,66)/p+1. The van der Waals surface area contributed by atoms with E-state index in [1.807, 2.05) is 52.0 Å². The maximum absolute atomic E-state index is 13.1. The molecule has 0 spiro atoms. The molecule has 1 unspecified atom stereocenters. The maximum Gasteiger partial charge on any atom is 0.307 e. The van der Waals surface area contributed by atoms with Crippen LogP contribution in [-0.4, -0.2) is 136 Å². The van der Waals surface area contributed by atoms with Crippen LogP contribution in [0.5, 0.6) is 5.75 Å². The second-order valence-electron chi connectivity index (χ2n) is 21.5. The number of nitrogens with zero attached hydrogens (tertiary/aromatic N) is 4. The molecule has 1 atom stereocenters. The number of quaternary nitrogens is 2. The summed E-state index contributed by atoms with van der Waals surface area (Å²) in [4.78, 5) is 25.9. The van der Waals surface area contributed by atoms with E-state index in [2.05, 4.69) is 51.8 Å². The molecular weight excluding hydrogens is 921 g/mol. The van der Waals surface area contributed by atoms with Crippen LogP contribution in [0.3, 0.4) is 0 Å². The van der Waals surface area contributed by atoms with E-state index in [9.17, 15) is 45.7 Å². The number of ether oxygens (including phenoxy) is 1. The molecule has 3 aliphatic rings. The van der Waals surface area contributed by atoms with Crippen LogP contribution in [0.2, 0.25) is 0 Å². The topological polar surface area (TPSA) is 204 Å². The lowest BCUT2D eigenvalue weighted by Gasteiger charge is -2.30. The lowest BCUT2D eigenvalue weighted by molar-refractivity contribution is -0.871. The second-order valence-corrected chi connectivity index (χ2v) is 24.2.